The van der Waals surface area contributed by atoms with Gasteiger partial charge in [-0.25, -0.2) is 4.39 Å². The van der Waals surface area contributed by atoms with Gasteiger partial charge in [-0.3, -0.25) is 4.79 Å². The monoisotopic (exact) mass is 258 g/mol. The van der Waals surface area contributed by atoms with Crippen LogP contribution in [0.4, 0.5) is 4.39 Å². The van der Waals surface area contributed by atoms with Crippen molar-refractivity contribution in [1.29, 1.82) is 5.26 Å². The summed E-state index contributed by atoms with van der Waals surface area (Å²) in [4.78, 5) is 12.4. The van der Waals surface area contributed by atoms with E-state index in [0.717, 1.165) is 25.7 Å². The summed E-state index contributed by atoms with van der Waals surface area (Å²) in [7, 11) is 0. The van der Waals surface area contributed by atoms with Gasteiger partial charge in [0.1, 0.15) is 5.82 Å². The maximum atomic E-state index is 13.8. The van der Waals surface area contributed by atoms with Crippen molar-refractivity contribution in [2.75, 3.05) is 0 Å². The average Bonchev–Trinajstić information content (AvgIpc) is 2.77. The van der Waals surface area contributed by atoms with Crippen LogP contribution in [0, 0.1) is 23.1 Å². The van der Waals surface area contributed by atoms with E-state index >= 15 is 0 Å². The fourth-order valence-corrected chi connectivity index (χ4v) is 3.27. The van der Waals surface area contributed by atoms with Gasteiger partial charge in [-0.05, 0) is 43.9 Å². The highest BCUT2D eigenvalue weighted by Gasteiger charge is 2.37. The molecule has 1 aromatic rings. The number of hydrogen-bond acceptors (Lipinski definition) is 3. The Morgan fingerprint density at radius 2 is 2.00 bits per heavy atom. The predicted molar refractivity (Wildman–Crippen MR) is 68.1 cm³/mol. The summed E-state index contributed by atoms with van der Waals surface area (Å²) in [5, 5.41) is 12.3. The third kappa shape index (κ3) is 2.26. The van der Waals surface area contributed by atoms with Crippen LogP contribution in [0.25, 0.3) is 0 Å². The molecule has 19 heavy (non-hydrogen) atoms. The Labute approximate surface area is 111 Å². The zero-order chi connectivity index (χ0) is 13.4. The van der Waals surface area contributed by atoms with Crippen molar-refractivity contribution in [3.05, 3.63) is 35.1 Å². The largest absolute Gasteiger partial charge is 0.311 e. The number of nitrogens with one attached hydrogen (secondary N) is 1. The highest BCUT2D eigenvalue weighted by Crippen LogP contribution is 2.33. The quantitative estimate of drug-likeness (QED) is 0.829. The topological polar surface area (TPSA) is 52.9 Å². The van der Waals surface area contributed by atoms with Crippen molar-refractivity contribution >= 4 is 5.78 Å². The van der Waals surface area contributed by atoms with Crippen molar-refractivity contribution in [1.82, 2.24) is 5.32 Å². The van der Waals surface area contributed by atoms with Crippen LogP contribution in [0.1, 0.15) is 41.6 Å². The van der Waals surface area contributed by atoms with Gasteiger partial charge in [0.15, 0.2) is 5.78 Å². The van der Waals surface area contributed by atoms with E-state index in [1.54, 1.807) is 0 Å². The molecule has 4 heteroatoms. The summed E-state index contributed by atoms with van der Waals surface area (Å²) in [6.07, 6.45) is 3.78. The molecule has 1 aromatic carbocycles. The van der Waals surface area contributed by atoms with Gasteiger partial charge >= 0.3 is 0 Å². The molecule has 2 fully saturated rings. The van der Waals surface area contributed by atoms with E-state index in [4.69, 9.17) is 5.26 Å². The first kappa shape index (κ1) is 12.3. The van der Waals surface area contributed by atoms with Gasteiger partial charge in [0, 0.05) is 18.0 Å². The summed E-state index contributed by atoms with van der Waals surface area (Å²) in [5.74, 6) is -0.773. The van der Waals surface area contributed by atoms with E-state index < -0.39 is 5.82 Å². The Hall–Kier alpha value is -1.73. The molecule has 2 unspecified atom stereocenters. The smallest absolute Gasteiger partial charge is 0.169 e. The maximum absolute atomic E-state index is 13.8. The molecule has 2 saturated heterocycles. The van der Waals surface area contributed by atoms with Crippen LogP contribution in [-0.4, -0.2) is 17.9 Å². The Balaban J connectivity index is 1.86. The van der Waals surface area contributed by atoms with Gasteiger partial charge in [0.25, 0.3) is 0 Å². The molecule has 0 spiro atoms. The molecule has 2 atom stereocenters. The molecule has 2 aliphatic rings. The molecule has 0 amide bonds. The lowest BCUT2D eigenvalue weighted by molar-refractivity contribution is 0.0871. The maximum Gasteiger partial charge on any atom is 0.169 e. The Kier molecular flexibility index (Phi) is 3.08. The summed E-state index contributed by atoms with van der Waals surface area (Å²) in [5.41, 5.74) is 0.409. The van der Waals surface area contributed by atoms with Crippen molar-refractivity contribution in [2.45, 2.75) is 37.8 Å². The fraction of sp³-hybridized carbons (Fsp3) is 0.467. The van der Waals surface area contributed by atoms with Crippen LogP contribution in [0.3, 0.4) is 0 Å². The minimum Gasteiger partial charge on any atom is -0.311 e. The predicted octanol–water partition coefficient (Wildman–Crippen LogP) is 2.41. The number of fused-ring (bicyclic) bond motifs is 2. The molecule has 3 nitrogen and oxygen atoms in total. The van der Waals surface area contributed by atoms with E-state index in [-0.39, 0.29) is 17.3 Å². The number of carbonyl (C=O) groups excluding carboxylic acids is 1. The lowest BCUT2D eigenvalue weighted by Gasteiger charge is -2.28. The van der Waals surface area contributed by atoms with Crippen LogP contribution >= 0.6 is 0 Å². The van der Waals surface area contributed by atoms with Crippen LogP contribution in [0.2, 0.25) is 0 Å². The first-order valence-electron chi connectivity index (χ1n) is 6.67. The Morgan fingerprint density at radius 1 is 1.32 bits per heavy atom. The number of ketones is 1. The molecule has 0 saturated carbocycles. The van der Waals surface area contributed by atoms with Gasteiger partial charge in [-0.1, -0.05) is 0 Å². The molecule has 1 N–H and O–H groups in total. The number of nitriles is 1. The summed E-state index contributed by atoms with van der Waals surface area (Å²) in [6, 6.07) is 6.73. The van der Waals surface area contributed by atoms with Gasteiger partial charge < -0.3 is 5.32 Å². The summed E-state index contributed by atoms with van der Waals surface area (Å²) >= 11 is 0. The second-order valence-electron chi connectivity index (χ2n) is 5.48. The van der Waals surface area contributed by atoms with E-state index in [0.29, 0.717) is 17.6 Å². The number of benzene rings is 1. The van der Waals surface area contributed by atoms with Gasteiger partial charge in [-0.15, -0.1) is 0 Å². The SMILES string of the molecule is N#Cc1ccc(F)c(C(=O)C2CC3CCC(C2)N3)c1. The third-order valence-electron chi connectivity index (χ3n) is 4.20. The number of Topliss-reactive ketones (excluding diaryl/α,β-unsaturated/α-hetero) is 1. The summed E-state index contributed by atoms with van der Waals surface area (Å²) in [6.45, 7) is 0. The first-order valence-corrected chi connectivity index (χ1v) is 6.67. The molecule has 2 bridgehead atoms. The van der Waals surface area contributed by atoms with Crippen LogP contribution in [0.5, 0.6) is 0 Å². The molecule has 2 heterocycles. The minimum atomic E-state index is -0.519. The van der Waals surface area contributed by atoms with Gasteiger partial charge in [0.2, 0.25) is 0 Å². The number of piperidine rings is 1. The van der Waals surface area contributed by atoms with E-state index in [1.807, 2.05) is 6.07 Å². The molecule has 2 aliphatic heterocycles. The number of rotatable bonds is 2. The molecule has 0 radical (unpaired) electrons. The minimum absolute atomic E-state index is 0.0744. The van der Waals surface area contributed by atoms with E-state index in [9.17, 15) is 9.18 Å². The van der Waals surface area contributed by atoms with Crippen molar-refractivity contribution in [3.63, 3.8) is 0 Å². The van der Waals surface area contributed by atoms with Crippen LogP contribution in [-0.2, 0) is 0 Å². The first-order chi connectivity index (χ1) is 9.17. The normalized spacial score (nSPS) is 28.9. The van der Waals surface area contributed by atoms with E-state index in [1.165, 1.54) is 18.2 Å². The number of hydrogen-bond donors (Lipinski definition) is 1. The zero-order valence-corrected chi connectivity index (χ0v) is 10.5. The molecule has 0 aliphatic carbocycles. The van der Waals surface area contributed by atoms with Crippen molar-refractivity contribution in [2.24, 2.45) is 5.92 Å². The standard InChI is InChI=1S/C15H15FN2O/c16-14-4-1-9(8-17)5-13(14)15(19)10-6-11-2-3-12(7-10)18-11/h1,4-5,10-12,18H,2-3,6-7H2. The Bertz CT molecular complexity index is 552. The van der Waals surface area contributed by atoms with Crippen molar-refractivity contribution in [3.8, 4) is 6.07 Å². The number of nitrogens with zero attached hydrogens (tertiary/aromatic N) is 1. The third-order valence-corrected chi connectivity index (χ3v) is 4.20. The highest BCUT2D eigenvalue weighted by atomic mass is 19.1. The molecule has 98 valence electrons. The Morgan fingerprint density at radius 3 is 2.63 bits per heavy atom. The second kappa shape index (κ2) is 4.75. The molecular weight excluding hydrogens is 243 g/mol. The molecular formula is C15H15FN2O. The summed E-state index contributed by atoms with van der Waals surface area (Å²) < 4.78 is 13.8. The zero-order valence-electron chi connectivity index (χ0n) is 10.5. The van der Waals surface area contributed by atoms with Gasteiger partial charge in [-0.2, -0.15) is 5.26 Å². The lowest BCUT2D eigenvalue weighted by Crippen LogP contribution is -2.40. The molecule has 3 rings (SSSR count). The fourth-order valence-electron chi connectivity index (χ4n) is 3.27. The van der Waals surface area contributed by atoms with Crippen molar-refractivity contribution < 1.29 is 9.18 Å². The van der Waals surface area contributed by atoms with Gasteiger partial charge in [0.05, 0.1) is 17.2 Å². The van der Waals surface area contributed by atoms with E-state index in [2.05, 4.69) is 5.32 Å². The van der Waals surface area contributed by atoms with Crippen LogP contribution < -0.4 is 5.32 Å². The molecule has 0 aromatic heterocycles. The highest BCUT2D eigenvalue weighted by molar-refractivity contribution is 5.98. The van der Waals surface area contributed by atoms with Crippen LogP contribution in [0.15, 0.2) is 18.2 Å². The lowest BCUT2D eigenvalue weighted by atomic mass is 9.85. The second-order valence-corrected chi connectivity index (χ2v) is 5.48. The number of carbonyl (C=O) groups is 1. The number of halogens is 1. The average molecular weight is 258 g/mol.